The minimum Gasteiger partial charge on any atom is -0.497 e. The van der Waals surface area contributed by atoms with Crippen LogP contribution in [0.4, 0.5) is 10.1 Å². The Hall–Kier alpha value is -2.15. The van der Waals surface area contributed by atoms with Crippen molar-refractivity contribution in [3.8, 4) is 5.75 Å². The summed E-state index contributed by atoms with van der Waals surface area (Å²) >= 11 is 0. The first-order valence-electron chi connectivity index (χ1n) is 11.4. The van der Waals surface area contributed by atoms with Crippen LogP contribution in [-0.4, -0.2) is 73.4 Å². The molecule has 0 radical (unpaired) electrons. The molecule has 2 aromatic rings. The lowest BCUT2D eigenvalue weighted by Crippen LogP contribution is -2.57. The van der Waals surface area contributed by atoms with Crippen LogP contribution in [0.3, 0.4) is 0 Å². The monoisotopic (exact) mass is 427 g/mol. The van der Waals surface area contributed by atoms with Gasteiger partial charge in [0, 0.05) is 75.3 Å². The number of aliphatic hydroxyl groups excluding tert-OH is 1. The number of piperazine rings is 1. The van der Waals surface area contributed by atoms with Crippen LogP contribution in [-0.2, 0) is 6.54 Å². The molecule has 0 aromatic heterocycles. The Bertz CT molecular complexity index is 827. The fourth-order valence-electron chi connectivity index (χ4n) is 5.01. The molecule has 0 unspecified atom stereocenters. The van der Waals surface area contributed by atoms with E-state index in [-0.39, 0.29) is 18.5 Å². The molecule has 5 nitrogen and oxygen atoms in total. The summed E-state index contributed by atoms with van der Waals surface area (Å²) in [5.41, 5.74) is 2.00. The summed E-state index contributed by atoms with van der Waals surface area (Å²) in [5, 5.41) is 9.64. The largest absolute Gasteiger partial charge is 0.497 e. The molecule has 0 saturated carbocycles. The van der Waals surface area contributed by atoms with E-state index in [1.54, 1.807) is 7.11 Å². The highest BCUT2D eigenvalue weighted by molar-refractivity contribution is 5.46. The van der Waals surface area contributed by atoms with Gasteiger partial charge in [-0.2, -0.15) is 0 Å². The maximum atomic E-state index is 14.5. The van der Waals surface area contributed by atoms with Gasteiger partial charge in [-0.25, -0.2) is 4.39 Å². The zero-order valence-corrected chi connectivity index (χ0v) is 18.4. The predicted molar refractivity (Wildman–Crippen MR) is 122 cm³/mol. The number of anilines is 1. The number of hydrogen-bond acceptors (Lipinski definition) is 5. The summed E-state index contributed by atoms with van der Waals surface area (Å²) in [5.74, 6) is 0.317. The first-order chi connectivity index (χ1) is 15.2. The van der Waals surface area contributed by atoms with Gasteiger partial charge >= 0.3 is 0 Å². The third-order valence-corrected chi connectivity index (χ3v) is 6.83. The second-order valence-corrected chi connectivity index (χ2v) is 8.64. The molecule has 0 aliphatic carbocycles. The Morgan fingerprint density at radius 3 is 2.48 bits per heavy atom. The van der Waals surface area contributed by atoms with Crippen molar-refractivity contribution >= 4 is 5.69 Å². The van der Waals surface area contributed by atoms with Crippen molar-refractivity contribution in [1.29, 1.82) is 0 Å². The summed E-state index contributed by atoms with van der Waals surface area (Å²) in [6, 6.07) is 16.6. The van der Waals surface area contributed by atoms with Crippen LogP contribution in [0.15, 0.2) is 48.5 Å². The first kappa shape index (κ1) is 22.1. The molecule has 1 atom stereocenters. The highest BCUT2D eigenvalue weighted by atomic mass is 19.1. The lowest BCUT2D eigenvalue weighted by Gasteiger charge is -2.47. The van der Waals surface area contributed by atoms with Crippen molar-refractivity contribution in [3.63, 3.8) is 0 Å². The number of ether oxygens (including phenoxy) is 1. The molecular formula is C25H34FN3O2. The molecule has 4 rings (SSSR count). The van der Waals surface area contributed by atoms with Gasteiger partial charge in [-0.05, 0) is 37.5 Å². The Balaban J connectivity index is 1.35. The van der Waals surface area contributed by atoms with Crippen LogP contribution >= 0.6 is 0 Å². The van der Waals surface area contributed by atoms with Crippen molar-refractivity contribution in [3.05, 3.63) is 59.9 Å². The molecule has 31 heavy (non-hydrogen) atoms. The van der Waals surface area contributed by atoms with Gasteiger partial charge in [-0.1, -0.05) is 24.3 Å². The van der Waals surface area contributed by atoms with Gasteiger partial charge in [0.25, 0.3) is 0 Å². The summed E-state index contributed by atoms with van der Waals surface area (Å²) < 4.78 is 19.6. The number of nitrogens with zero attached hydrogens (tertiary/aromatic N) is 3. The quantitative estimate of drug-likeness (QED) is 0.734. The molecular weight excluding hydrogens is 393 g/mol. The molecule has 2 heterocycles. The van der Waals surface area contributed by atoms with E-state index in [2.05, 4.69) is 45.0 Å². The van der Waals surface area contributed by atoms with Gasteiger partial charge in [-0.3, -0.25) is 9.80 Å². The number of aliphatic hydroxyl groups is 1. The second kappa shape index (κ2) is 10.4. The van der Waals surface area contributed by atoms with E-state index in [0.717, 1.165) is 52.0 Å². The molecule has 0 bridgehead atoms. The molecule has 2 aromatic carbocycles. The van der Waals surface area contributed by atoms with Gasteiger partial charge in [-0.15, -0.1) is 0 Å². The van der Waals surface area contributed by atoms with Crippen LogP contribution in [0, 0.1) is 5.82 Å². The van der Waals surface area contributed by atoms with Crippen molar-refractivity contribution < 1.29 is 14.2 Å². The van der Waals surface area contributed by atoms with Crippen LogP contribution in [0.2, 0.25) is 0 Å². The number of rotatable bonds is 7. The van der Waals surface area contributed by atoms with Crippen molar-refractivity contribution in [2.75, 3.05) is 51.3 Å². The smallest absolute Gasteiger partial charge is 0.131 e. The predicted octanol–water partition coefficient (Wildman–Crippen LogP) is 3.37. The Morgan fingerprint density at radius 1 is 1.03 bits per heavy atom. The number of halogens is 1. The van der Waals surface area contributed by atoms with Gasteiger partial charge in [0.1, 0.15) is 11.6 Å². The molecule has 2 saturated heterocycles. The minimum atomic E-state index is -0.224. The molecule has 2 aliphatic heterocycles. The number of para-hydroxylation sites is 1. The fourth-order valence-corrected chi connectivity index (χ4v) is 5.01. The number of methoxy groups -OCH3 is 1. The standard InChI is InChI=1S/C25H34FN3O2/c1-31-24-8-7-20(25(26)17-24)18-28-14-15-29(19-23(28)11-16-30)22-9-12-27(13-10-22)21-5-3-2-4-6-21/h2-8,17,22-23,30H,9-16,18-19H2,1H3/t23-/m1/s1. The summed E-state index contributed by atoms with van der Waals surface area (Å²) in [6.45, 7) is 5.72. The lowest BCUT2D eigenvalue weighted by atomic mass is 9.98. The number of hydrogen-bond donors (Lipinski definition) is 1. The highest BCUT2D eigenvalue weighted by Crippen LogP contribution is 2.26. The second-order valence-electron chi connectivity index (χ2n) is 8.64. The van der Waals surface area contributed by atoms with E-state index < -0.39 is 0 Å². The summed E-state index contributed by atoms with van der Waals surface area (Å²) in [7, 11) is 1.55. The minimum absolute atomic E-state index is 0.159. The van der Waals surface area contributed by atoms with Crippen LogP contribution < -0.4 is 9.64 Å². The Kier molecular flexibility index (Phi) is 7.43. The van der Waals surface area contributed by atoms with Crippen molar-refractivity contribution in [2.24, 2.45) is 0 Å². The lowest BCUT2D eigenvalue weighted by molar-refractivity contribution is 0.0249. The average molecular weight is 428 g/mol. The highest BCUT2D eigenvalue weighted by Gasteiger charge is 2.32. The van der Waals surface area contributed by atoms with Crippen molar-refractivity contribution in [2.45, 2.75) is 37.9 Å². The van der Waals surface area contributed by atoms with E-state index in [0.29, 0.717) is 23.9 Å². The first-order valence-corrected chi connectivity index (χ1v) is 11.4. The molecule has 0 spiro atoms. The zero-order chi connectivity index (χ0) is 21.6. The Labute approximate surface area is 185 Å². The molecule has 1 N–H and O–H groups in total. The van der Waals surface area contributed by atoms with Crippen molar-refractivity contribution in [1.82, 2.24) is 9.80 Å². The van der Waals surface area contributed by atoms with Gasteiger partial charge in [0.05, 0.1) is 7.11 Å². The zero-order valence-electron chi connectivity index (χ0n) is 18.4. The number of piperidine rings is 1. The van der Waals surface area contributed by atoms with E-state index in [1.165, 1.54) is 11.8 Å². The van der Waals surface area contributed by atoms with Gasteiger partial charge < -0.3 is 14.7 Å². The SMILES string of the molecule is COc1ccc(CN2CCN(C3CCN(c4ccccc4)CC3)C[C@H]2CCO)c(F)c1. The third kappa shape index (κ3) is 5.37. The van der Waals surface area contributed by atoms with E-state index in [1.807, 2.05) is 12.1 Å². The van der Waals surface area contributed by atoms with E-state index >= 15 is 0 Å². The maximum absolute atomic E-state index is 14.5. The van der Waals surface area contributed by atoms with Crippen LogP contribution in [0.1, 0.15) is 24.8 Å². The topological polar surface area (TPSA) is 39.2 Å². The number of benzene rings is 2. The molecule has 6 heteroatoms. The normalized spacial score (nSPS) is 21.4. The Morgan fingerprint density at radius 2 is 1.81 bits per heavy atom. The maximum Gasteiger partial charge on any atom is 0.131 e. The average Bonchev–Trinajstić information content (AvgIpc) is 2.82. The summed E-state index contributed by atoms with van der Waals surface area (Å²) in [6.07, 6.45) is 3.04. The molecule has 0 amide bonds. The van der Waals surface area contributed by atoms with Gasteiger partial charge in [0.2, 0.25) is 0 Å². The fraction of sp³-hybridized carbons (Fsp3) is 0.520. The summed E-state index contributed by atoms with van der Waals surface area (Å²) in [4.78, 5) is 7.41. The molecule has 168 valence electrons. The van der Waals surface area contributed by atoms with E-state index in [4.69, 9.17) is 4.74 Å². The van der Waals surface area contributed by atoms with Gasteiger partial charge in [0.15, 0.2) is 0 Å². The van der Waals surface area contributed by atoms with Crippen LogP contribution in [0.5, 0.6) is 5.75 Å². The van der Waals surface area contributed by atoms with Crippen LogP contribution in [0.25, 0.3) is 0 Å². The molecule has 2 fully saturated rings. The molecule has 2 aliphatic rings. The third-order valence-electron chi connectivity index (χ3n) is 6.83. The van der Waals surface area contributed by atoms with E-state index in [9.17, 15) is 9.50 Å².